The Morgan fingerprint density at radius 2 is 1.41 bits per heavy atom. The normalized spacial score (nSPS) is 16.4. The lowest BCUT2D eigenvalue weighted by Gasteiger charge is -2.36. The Hall–Kier alpha value is -1.85. The molecule has 1 aliphatic rings. The first kappa shape index (κ1) is 19.9. The number of anilines is 1. The van der Waals surface area contributed by atoms with Gasteiger partial charge in [0.05, 0.1) is 9.64 Å². The first-order valence-corrected chi connectivity index (χ1v) is 11.2. The van der Waals surface area contributed by atoms with Crippen LogP contribution in [-0.2, 0) is 9.84 Å². The smallest absolute Gasteiger partial charge is 0.183 e. The molecule has 3 rings (SSSR count). The maximum atomic E-state index is 12.9. The Morgan fingerprint density at radius 1 is 0.852 bits per heavy atom. The SMILES string of the molecule is CC(C)(CCCN1CCN(c2ccccc2)CC1)S(=O)(=O)c1ccccc1. The summed E-state index contributed by atoms with van der Waals surface area (Å²) in [5.41, 5.74) is 1.28. The maximum absolute atomic E-state index is 12.9. The van der Waals surface area contributed by atoms with E-state index in [0.717, 1.165) is 39.1 Å². The molecule has 0 amide bonds. The van der Waals surface area contributed by atoms with E-state index in [1.54, 1.807) is 24.3 Å². The molecule has 0 atom stereocenters. The molecule has 0 aliphatic carbocycles. The van der Waals surface area contributed by atoms with E-state index in [1.165, 1.54) is 5.69 Å². The first-order chi connectivity index (χ1) is 12.9. The monoisotopic (exact) mass is 386 g/mol. The molecule has 0 bridgehead atoms. The van der Waals surface area contributed by atoms with Gasteiger partial charge in [-0.15, -0.1) is 0 Å². The second-order valence-corrected chi connectivity index (χ2v) is 10.4. The van der Waals surface area contributed by atoms with Gasteiger partial charge in [0.25, 0.3) is 0 Å². The van der Waals surface area contributed by atoms with Crippen LogP contribution in [0.4, 0.5) is 5.69 Å². The lowest BCUT2D eigenvalue weighted by atomic mass is 10.1. The molecule has 27 heavy (non-hydrogen) atoms. The summed E-state index contributed by atoms with van der Waals surface area (Å²) in [7, 11) is -3.31. The molecule has 0 saturated carbocycles. The van der Waals surface area contributed by atoms with Crippen LogP contribution in [0, 0.1) is 0 Å². The van der Waals surface area contributed by atoms with Crippen LogP contribution < -0.4 is 4.90 Å². The van der Waals surface area contributed by atoms with E-state index in [-0.39, 0.29) is 0 Å². The second-order valence-electron chi connectivity index (χ2n) is 7.84. The van der Waals surface area contributed by atoms with E-state index < -0.39 is 14.6 Å². The van der Waals surface area contributed by atoms with Crippen molar-refractivity contribution in [3.8, 4) is 0 Å². The van der Waals surface area contributed by atoms with E-state index in [4.69, 9.17) is 0 Å². The van der Waals surface area contributed by atoms with E-state index in [9.17, 15) is 8.42 Å². The molecule has 1 aliphatic heterocycles. The van der Waals surface area contributed by atoms with Gasteiger partial charge in [-0.3, -0.25) is 4.90 Å². The van der Waals surface area contributed by atoms with Gasteiger partial charge in [-0.05, 0) is 57.5 Å². The Labute approximate surface area is 163 Å². The number of hydrogen-bond acceptors (Lipinski definition) is 4. The van der Waals surface area contributed by atoms with Gasteiger partial charge in [-0.25, -0.2) is 8.42 Å². The minimum Gasteiger partial charge on any atom is -0.369 e. The van der Waals surface area contributed by atoms with Gasteiger partial charge in [-0.2, -0.15) is 0 Å². The van der Waals surface area contributed by atoms with Crippen LogP contribution in [0.3, 0.4) is 0 Å². The van der Waals surface area contributed by atoms with Crippen LogP contribution in [0.2, 0.25) is 0 Å². The van der Waals surface area contributed by atoms with Crippen molar-refractivity contribution in [3.05, 3.63) is 60.7 Å². The number of sulfone groups is 1. The number of nitrogens with zero attached hydrogens (tertiary/aromatic N) is 2. The van der Waals surface area contributed by atoms with E-state index in [2.05, 4.69) is 34.1 Å². The Kier molecular flexibility index (Phi) is 6.22. The third kappa shape index (κ3) is 4.71. The molecule has 146 valence electrons. The fourth-order valence-corrected chi connectivity index (χ4v) is 5.22. The highest BCUT2D eigenvalue weighted by molar-refractivity contribution is 7.92. The number of hydrogen-bond donors (Lipinski definition) is 0. The molecule has 1 saturated heterocycles. The lowest BCUT2D eigenvalue weighted by molar-refractivity contribution is 0.250. The van der Waals surface area contributed by atoms with Gasteiger partial charge < -0.3 is 4.90 Å². The molecule has 2 aromatic carbocycles. The molecule has 0 radical (unpaired) electrons. The largest absolute Gasteiger partial charge is 0.369 e. The zero-order chi connectivity index (χ0) is 19.3. The van der Waals surface area contributed by atoms with Gasteiger partial charge in [-0.1, -0.05) is 36.4 Å². The van der Waals surface area contributed by atoms with Gasteiger partial charge in [0.1, 0.15) is 0 Å². The zero-order valence-electron chi connectivity index (χ0n) is 16.3. The second kappa shape index (κ2) is 8.44. The molecule has 5 heteroatoms. The zero-order valence-corrected chi connectivity index (χ0v) is 17.2. The summed E-state index contributed by atoms with van der Waals surface area (Å²) in [4.78, 5) is 5.29. The van der Waals surface area contributed by atoms with Crippen LogP contribution in [-0.4, -0.2) is 50.8 Å². The van der Waals surface area contributed by atoms with Gasteiger partial charge >= 0.3 is 0 Å². The number of benzene rings is 2. The number of para-hydroxylation sites is 1. The van der Waals surface area contributed by atoms with Gasteiger partial charge in [0, 0.05) is 31.9 Å². The summed E-state index contributed by atoms with van der Waals surface area (Å²) in [6.07, 6.45) is 1.56. The molecule has 0 N–H and O–H groups in total. The number of rotatable bonds is 7. The summed E-state index contributed by atoms with van der Waals surface area (Å²) < 4.78 is 25.1. The standard InChI is InChI=1S/C22H30N2O2S/c1-22(2,27(25,26)21-12-7-4-8-13-21)14-9-15-23-16-18-24(19-17-23)20-10-5-3-6-11-20/h3-8,10-13H,9,14-19H2,1-2H3. The van der Waals surface area contributed by atoms with E-state index in [1.807, 2.05) is 26.0 Å². The average Bonchev–Trinajstić information content (AvgIpc) is 2.69. The van der Waals surface area contributed by atoms with Crippen molar-refractivity contribution in [3.63, 3.8) is 0 Å². The highest BCUT2D eigenvalue weighted by atomic mass is 32.2. The summed E-state index contributed by atoms with van der Waals surface area (Å²) in [5.74, 6) is 0. The van der Waals surface area contributed by atoms with Crippen molar-refractivity contribution in [2.45, 2.75) is 36.3 Å². The third-order valence-electron chi connectivity index (χ3n) is 5.53. The Balaban J connectivity index is 1.49. The predicted octanol–water partition coefficient (Wildman–Crippen LogP) is 3.84. The maximum Gasteiger partial charge on any atom is 0.183 e. The predicted molar refractivity (Wildman–Crippen MR) is 112 cm³/mol. The summed E-state index contributed by atoms with van der Waals surface area (Å²) >= 11 is 0. The topological polar surface area (TPSA) is 40.6 Å². The van der Waals surface area contributed by atoms with Crippen molar-refractivity contribution in [2.75, 3.05) is 37.6 Å². The lowest BCUT2D eigenvalue weighted by Crippen LogP contribution is -2.47. The van der Waals surface area contributed by atoms with Crippen LogP contribution in [0.15, 0.2) is 65.6 Å². The highest BCUT2D eigenvalue weighted by Gasteiger charge is 2.35. The molecule has 0 aromatic heterocycles. The first-order valence-electron chi connectivity index (χ1n) is 9.72. The van der Waals surface area contributed by atoms with Crippen LogP contribution in [0.1, 0.15) is 26.7 Å². The number of piperazine rings is 1. The average molecular weight is 387 g/mol. The van der Waals surface area contributed by atoms with Crippen LogP contribution >= 0.6 is 0 Å². The van der Waals surface area contributed by atoms with E-state index in [0.29, 0.717) is 11.3 Å². The highest BCUT2D eigenvalue weighted by Crippen LogP contribution is 2.29. The molecule has 0 spiro atoms. The minimum atomic E-state index is -3.31. The molecule has 0 unspecified atom stereocenters. The van der Waals surface area contributed by atoms with Crippen molar-refractivity contribution in [1.82, 2.24) is 4.90 Å². The summed E-state index contributed by atoms with van der Waals surface area (Å²) in [5, 5.41) is 0. The van der Waals surface area contributed by atoms with Gasteiger partial charge in [0.15, 0.2) is 9.84 Å². The molecular formula is C22H30N2O2S. The third-order valence-corrected chi connectivity index (χ3v) is 8.08. The summed E-state index contributed by atoms with van der Waals surface area (Å²) in [6.45, 7) is 8.76. The Bertz CT molecular complexity index is 812. The van der Waals surface area contributed by atoms with Crippen LogP contribution in [0.25, 0.3) is 0 Å². The van der Waals surface area contributed by atoms with Crippen molar-refractivity contribution in [2.24, 2.45) is 0 Å². The molecular weight excluding hydrogens is 356 g/mol. The fraction of sp³-hybridized carbons (Fsp3) is 0.455. The molecule has 1 heterocycles. The van der Waals surface area contributed by atoms with Crippen molar-refractivity contribution in [1.29, 1.82) is 0 Å². The fourth-order valence-electron chi connectivity index (χ4n) is 3.65. The van der Waals surface area contributed by atoms with Gasteiger partial charge in [0.2, 0.25) is 0 Å². The minimum absolute atomic E-state index is 0.423. The molecule has 1 fully saturated rings. The summed E-state index contributed by atoms with van der Waals surface area (Å²) in [6, 6.07) is 19.3. The van der Waals surface area contributed by atoms with Crippen molar-refractivity contribution < 1.29 is 8.42 Å². The molecule has 2 aromatic rings. The molecule has 4 nitrogen and oxygen atoms in total. The van der Waals surface area contributed by atoms with Crippen LogP contribution in [0.5, 0.6) is 0 Å². The van der Waals surface area contributed by atoms with E-state index >= 15 is 0 Å². The quantitative estimate of drug-likeness (QED) is 0.725. The Morgan fingerprint density at radius 3 is 2.00 bits per heavy atom. The van der Waals surface area contributed by atoms with Crippen molar-refractivity contribution >= 4 is 15.5 Å².